The molecule has 1 unspecified atom stereocenters. The van der Waals surface area contributed by atoms with E-state index in [0.29, 0.717) is 5.75 Å². The molecule has 1 aliphatic rings. The van der Waals surface area contributed by atoms with Crippen LogP contribution in [0.5, 0.6) is 5.75 Å². The SMILES string of the molecule is C=CC(=O)Oc1ccc(C2(C)c3ccccc3-c3ccc(N(c4ccc(-c5ccccc5)cc4)c4ccc(-c5ccc6c(c5)c5ccccc5n6-c5ccccc5)cc4)cc32)cc1. The molecule has 0 saturated heterocycles. The van der Waals surface area contributed by atoms with Gasteiger partial charge in [-0.05, 0) is 136 Å². The Morgan fingerprint density at radius 1 is 0.508 bits per heavy atom. The third-order valence-electron chi connectivity index (χ3n) is 12.8. The largest absolute Gasteiger partial charge is 0.423 e. The van der Waals surface area contributed by atoms with Crippen LogP contribution in [0.4, 0.5) is 17.1 Å². The minimum atomic E-state index is -0.478. The summed E-state index contributed by atoms with van der Waals surface area (Å²) in [5.41, 5.74) is 16.9. The minimum absolute atomic E-state index is 0.474. The summed E-state index contributed by atoms with van der Waals surface area (Å²) < 4.78 is 7.82. The number of hydrogen-bond donors (Lipinski definition) is 0. The molecule has 1 heterocycles. The molecular weight excluding hydrogens is 769 g/mol. The van der Waals surface area contributed by atoms with Gasteiger partial charge in [-0.1, -0.05) is 146 Å². The summed E-state index contributed by atoms with van der Waals surface area (Å²) in [7, 11) is 0. The van der Waals surface area contributed by atoms with E-state index in [9.17, 15) is 4.79 Å². The maximum absolute atomic E-state index is 12.0. The van der Waals surface area contributed by atoms with Crippen molar-refractivity contribution < 1.29 is 9.53 Å². The zero-order valence-electron chi connectivity index (χ0n) is 34.8. The van der Waals surface area contributed by atoms with E-state index in [-0.39, 0.29) is 0 Å². The van der Waals surface area contributed by atoms with Crippen molar-refractivity contribution in [2.75, 3.05) is 4.90 Å². The highest BCUT2D eigenvalue weighted by Crippen LogP contribution is 2.54. The van der Waals surface area contributed by atoms with E-state index in [1.165, 1.54) is 61.3 Å². The number of esters is 1. The molecule has 0 spiro atoms. The second kappa shape index (κ2) is 15.4. The van der Waals surface area contributed by atoms with Gasteiger partial charge in [-0.2, -0.15) is 0 Å². The Balaban J connectivity index is 1.02. The van der Waals surface area contributed by atoms with E-state index < -0.39 is 11.4 Å². The van der Waals surface area contributed by atoms with Crippen molar-refractivity contribution in [2.45, 2.75) is 12.3 Å². The summed E-state index contributed by atoms with van der Waals surface area (Å²) in [6.45, 7) is 5.85. The molecule has 0 saturated carbocycles. The molecule has 1 aliphatic carbocycles. The number of anilines is 3. The van der Waals surface area contributed by atoms with Crippen molar-refractivity contribution in [3.8, 4) is 44.8 Å². The summed E-state index contributed by atoms with van der Waals surface area (Å²) >= 11 is 0. The summed E-state index contributed by atoms with van der Waals surface area (Å²) in [4.78, 5) is 14.4. The fourth-order valence-electron chi connectivity index (χ4n) is 9.64. The van der Waals surface area contributed by atoms with Gasteiger partial charge in [-0.15, -0.1) is 0 Å². The van der Waals surface area contributed by atoms with Crippen LogP contribution < -0.4 is 9.64 Å². The summed E-state index contributed by atoms with van der Waals surface area (Å²) in [5, 5.41) is 2.46. The van der Waals surface area contributed by atoms with Gasteiger partial charge in [0.15, 0.2) is 0 Å². The van der Waals surface area contributed by atoms with Crippen LogP contribution in [0.1, 0.15) is 23.6 Å². The first-order valence-corrected chi connectivity index (χ1v) is 21.3. The molecule has 0 N–H and O–H groups in total. The third kappa shape index (κ3) is 6.43. The zero-order valence-corrected chi connectivity index (χ0v) is 34.8. The molecule has 0 amide bonds. The topological polar surface area (TPSA) is 34.5 Å². The highest BCUT2D eigenvalue weighted by molar-refractivity contribution is 6.10. The number of aromatic nitrogens is 1. The quantitative estimate of drug-likeness (QED) is 0.0827. The smallest absolute Gasteiger partial charge is 0.335 e. The molecule has 4 heteroatoms. The second-order valence-corrected chi connectivity index (χ2v) is 16.3. The molecule has 0 aliphatic heterocycles. The summed E-state index contributed by atoms with van der Waals surface area (Å²) in [6, 6.07) is 77.9. The van der Waals surface area contributed by atoms with Crippen LogP contribution in [-0.2, 0) is 10.2 Å². The van der Waals surface area contributed by atoms with E-state index in [2.05, 4.69) is 229 Å². The fraction of sp³-hybridized carbons (Fsp3) is 0.0339. The van der Waals surface area contributed by atoms with E-state index in [1.807, 2.05) is 12.1 Å². The zero-order chi connectivity index (χ0) is 42.5. The molecule has 300 valence electrons. The predicted molar refractivity (Wildman–Crippen MR) is 260 cm³/mol. The number of carbonyl (C=O) groups excluding carboxylic acids is 1. The molecule has 63 heavy (non-hydrogen) atoms. The van der Waals surface area contributed by atoms with Crippen LogP contribution >= 0.6 is 0 Å². The first-order chi connectivity index (χ1) is 31.0. The lowest BCUT2D eigenvalue weighted by atomic mass is 9.74. The highest BCUT2D eigenvalue weighted by Gasteiger charge is 2.41. The van der Waals surface area contributed by atoms with E-state index in [1.54, 1.807) is 0 Å². The van der Waals surface area contributed by atoms with Crippen molar-refractivity contribution in [3.05, 3.63) is 248 Å². The lowest BCUT2D eigenvalue weighted by molar-refractivity contribution is -0.128. The molecule has 0 radical (unpaired) electrons. The van der Waals surface area contributed by atoms with Gasteiger partial charge in [-0.25, -0.2) is 4.79 Å². The first kappa shape index (κ1) is 37.8. The van der Waals surface area contributed by atoms with E-state index in [4.69, 9.17) is 4.74 Å². The van der Waals surface area contributed by atoms with Crippen LogP contribution in [0, 0.1) is 0 Å². The lowest BCUT2D eigenvalue weighted by Gasteiger charge is -2.31. The van der Waals surface area contributed by atoms with Crippen molar-refractivity contribution >= 4 is 44.8 Å². The van der Waals surface area contributed by atoms with Crippen molar-refractivity contribution in [2.24, 2.45) is 0 Å². The Bertz CT molecular complexity index is 3330. The van der Waals surface area contributed by atoms with E-state index >= 15 is 0 Å². The van der Waals surface area contributed by atoms with Crippen LogP contribution in [-0.4, -0.2) is 10.5 Å². The van der Waals surface area contributed by atoms with Crippen LogP contribution in [0.3, 0.4) is 0 Å². The number of ether oxygens (including phenoxy) is 1. The average Bonchev–Trinajstić information content (AvgIpc) is 3.82. The fourth-order valence-corrected chi connectivity index (χ4v) is 9.64. The molecule has 0 bridgehead atoms. The van der Waals surface area contributed by atoms with E-state index in [0.717, 1.165) is 39.4 Å². The van der Waals surface area contributed by atoms with Crippen molar-refractivity contribution in [1.82, 2.24) is 4.57 Å². The second-order valence-electron chi connectivity index (χ2n) is 16.3. The molecule has 1 atom stereocenters. The predicted octanol–water partition coefficient (Wildman–Crippen LogP) is 15.0. The number of benzene rings is 9. The van der Waals surface area contributed by atoms with Gasteiger partial charge in [0.05, 0.1) is 11.0 Å². The van der Waals surface area contributed by atoms with Crippen molar-refractivity contribution in [3.63, 3.8) is 0 Å². The number of rotatable bonds is 9. The van der Waals surface area contributed by atoms with Crippen LogP contribution in [0.25, 0.3) is 60.9 Å². The molecular formula is C59H42N2O2. The minimum Gasteiger partial charge on any atom is -0.423 e. The molecule has 9 aromatic carbocycles. The Morgan fingerprint density at radius 3 is 1.78 bits per heavy atom. The average molecular weight is 811 g/mol. The number of nitrogens with zero attached hydrogens (tertiary/aromatic N) is 2. The van der Waals surface area contributed by atoms with Gasteiger partial charge in [0.1, 0.15) is 5.75 Å². The van der Waals surface area contributed by atoms with Gasteiger partial charge in [-0.3, -0.25) is 0 Å². The van der Waals surface area contributed by atoms with Crippen molar-refractivity contribution in [1.29, 1.82) is 0 Å². The molecule has 11 rings (SSSR count). The van der Waals surface area contributed by atoms with Gasteiger partial charge in [0.2, 0.25) is 0 Å². The van der Waals surface area contributed by atoms with Gasteiger partial charge in [0, 0.05) is 45.0 Å². The number of fused-ring (bicyclic) bond motifs is 6. The standard InChI is InChI=1S/C59H42N2O2/c1-3-58(62)63-49-34-27-44(28-35-49)59(2)54-20-12-10-18-50(54)51-36-33-48(39-55(51)59)60(46-29-22-41(23-30-46)40-14-6-4-7-15-40)47-31-24-42(25-32-47)43-26-37-57-53(38-43)52-19-11-13-21-56(52)61(57)45-16-8-5-9-17-45/h3-39H,1H2,2H3. The summed E-state index contributed by atoms with van der Waals surface area (Å²) in [5.74, 6) is 0.00764. The Kier molecular flexibility index (Phi) is 9.21. The lowest BCUT2D eigenvalue weighted by Crippen LogP contribution is -2.23. The Morgan fingerprint density at radius 2 is 1.06 bits per heavy atom. The molecule has 4 nitrogen and oxygen atoms in total. The maximum atomic E-state index is 12.0. The Labute approximate surface area is 367 Å². The molecule has 0 fully saturated rings. The monoisotopic (exact) mass is 810 g/mol. The van der Waals surface area contributed by atoms with Gasteiger partial charge in [0.25, 0.3) is 0 Å². The normalized spacial score (nSPS) is 14.0. The maximum Gasteiger partial charge on any atom is 0.335 e. The molecule has 10 aromatic rings. The molecule has 1 aromatic heterocycles. The first-order valence-electron chi connectivity index (χ1n) is 21.3. The van der Waals surface area contributed by atoms with Crippen LogP contribution in [0.15, 0.2) is 231 Å². The van der Waals surface area contributed by atoms with Gasteiger partial charge >= 0.3 is 5.97 Å². The van der Waals surface area contributed by atoms with Crippen LogP contribution in [0.2, 0.25) is 0 Å². The number of carbonyl (C=O) groups is 1. The Hall–Kier alpha value is -8.21. The van der Waals surface area contributed by atoms with Gasteiger partial charge < -0.3 is 14.2 Å². The number of para-hydroxylation sites is 2. The summed E-state index contributed by atoms with van der Waals surface area (Å²) in [6.07, 6.45) is 1.18. The third-order valence-corrected chi connectivity index (χ3v) is 12.8. The number of hydrogen-bond acceptors (Lipinski definition) is 3. The highest BCUT2D eigenvalue weighted by atomic mass is 16.5.